The fourth-order valence-electron chi connectivity index (χ4n) is 2.89. The Labute approximate surface area is 137 Å². The molecule has 4 heteroatoms. The fourth-order valence-corrected chi connectivity index (χ4v) is 2.89. The second-order valence-electron chi connectivity index (χ2n) is 6.15. The monoisotopic (exact) mass is 312 g/mol. The van der Waals surface area contributed by atoms with Crippen molar-refractivity contribution in [3.05, 3.63) is 47.7 Å². The van der Waals surface area contributed by atoms with Gasteiger partial charge in [-0.25, -0.2) is 0 Å². The number of hydrogen-bond donors (Lipinski definition) is 1. The molecular weight excluding hydrogens is 288 g/mol. The van der Waals surface area contributed by atoms with Crippen LogP contribution >= 0.6 is 0 Å². The molecule has 0 unspecified atom stereocenters. The average molecular weight is 312 g/mol. The van der Waals surface area contributed by atoms with Gasteiger partial charge in [0.15, 0.2) is 0 Å². The minimum atomic E-state index is 0.304. The third-order valence-electron chi connectivity index (χ3n) is 4.25. The van der Waals surface area contributed by atoms with E-state index in [0.717, 1.165) is 62.5 Å². The molecule has 1 aromatic carbocycles. The summed E-state index contributed by atoms with van der Waals surface area (Å²) in [6.45, 7) is 5.48. The number of furan rings is 1. The van der Waals surface area contributed by atoms with Crippen molar-refractivity contribution < 1.29 is 9.21 Å². The third-order valence-corrected chi connectivity index (χ3v) is 4.25. The summed E-state index contributed by atoms with van der Waals surface area (Å²) in [5, 5.41) is 3.38. The highest BCUT2D eigenvalue weighted by atomic mass is 16.3. The lowest BCUT2D eigenvalue weighted by Crippen LogP contribution is -2.28. The Bertz CT molecular complexity index is 646. The summed E-state index contributed by atoms with van der Waals surface area (Å²) < 4.78 is 5.88. The van der Waals surface area contributed by atoms with Crippen LogP contribution in [0.5, 0.6) is 0 Å². The van der Waals surface area contributed by atoms with Crippen LogP contribution < -0.4 is 5.32 Å². The van der Waals surface area contributed by atoms with Gasteiger partial charge in [0.2, 0.25) is 5.91 Å². The number of amides is 1. The molecule has 0 bridgehead atoms. The quantitative estimate of drug-likeness (QED) is 0.797. The Morgan fingerprint density at radius 1 is 1.17 bits per heavy atom. The number of rotatable bonds is 7. The first-order valence-corrected chi connectivity index (χ1v) is 8.36. The molecule has 2 aromatic rings. The highest BCUT2D eigenvalue weighted by Crippen LogP contribution is 2.22. The first-order valence-electron chi connectivity index (χ1n) is 8.36. The van der Waals surface area contributed by atoms with E-state index in [1.807, 2.05) is 17.0 Å². The van der Waals surface area contributed by atoms with E-state index in [-0.39, 0.29) is 0 Å². The molecule has 1 saturated heterocycles. The van der Waals surface area contributed by atoms with Crippen LogP contribution in [-0.4, -0.2) is 30.4 Å². The van der Waals surface area contributed by atoms with E-state index < -0.39 is 0 Å². The van der Waals surface area contributed by atoms with Crippen LogP contribution in [0.25, 0.3) is 11.3 Å². The van der Waals surface area contributed by atoms with Crippen molar-refractivity contribution in [2.75, 3.05) is 19.6 Å². The van der Waals surface area contributed by atoms with E-state index in [0.29, 0.717) is 5.91 Å². The summed E-state index contributed by atoms with van der Waals surface area (Å²) in [4.78, 5) is 13.5. The van der Waals surface area contributed by atoms with Crippen LogP contribution in [0.15, 0.2) is 40.8 Å². The van der Waals surface area contributed by atoms with E-state index >= 15 is 0 Å². The lowest BCUT2D eigenvalue weighted by Gasteiger charge is -2.15. The lowest BCUT2D eigenvalue weighted by molar-refractivity contribution is -0.127. The Hall–Kier alpha value is -2.07. The van der Waals surface area contributed by atoms with Gasteiger partial charge in [-0.2, -0.15) is 0 Å². The zero-order valence-electron chi connectivity index (χ0n) is 13.7. The van der Waals surface area contributed by atoms with Crippen LogP contribution in [0.3, 0.4) is 0 Å². The largest absolute Gasteiger partial charge is 0.460 e. The molecule has 122 valence electrons. The second-order valence-corrected chi connectivity index (χ2v) is 6.15. The zero-order chi connectivity index (χ0) is 16.1. The molecule has 1 amide bonds. The number of nitrogens with zero attached hydrogens (tertiary/aromatic N) is 1. The molecule has 0 radical (unpaired) electrons. The van der Waals surface area contributed by atoms with Gasteiger partial charge in [0.25, 0.3) is 0 Å². The van der Waals surface area contributed by atoms with Crippen molar-refractivity contribution in [1.82, 2.24) is 10.2 Å². The molecule has 2 heterocycles. The van der Waals surface area contributed by atoms with Gasteiger partial charge in [0.05, 0.1) is 6.54 Å². The number of hydrogen-bond acceptors (Lipinski definition) is 3. The number of likely N-dealkylation sites (tertiary alicyclic amines) is 1. The van der Waals surface area contributed by atoms with Crippen molar-refractivity contribution >= 4 is 5.91 Å². The maximum atomic E-state index is 11.5. The molecule has 23 heavy (non-hydrogen) atoms. The van der Waals surface area contributed by atoms with Crippen LogP contribution in [0, 0.1) is 6.92 Å². The first-order chi connectivity index (χ1) is 11.2. The number of aryl methyl sites for hydroxylation is 1. The highest BCUT2D eigenvalue weighted by Gasteiger charge is 2.18. The summed E-state index contributed by atoms with van der Waals surface area (Å²) in [7, 11) is 0. The van der Waals surface area contributed by atoms with Gasteiger partial charge in [0, 0.05) is 25.1 Å². The molecule has 0 atom stereocenters. The van der Waals surface area contributed by atoms with Crippen molar-refractivity contribution in [3.8, 4) is 11.3 Å². The van der Waals surface area contributed by atoms with Crippen molar-refractivity contribution in [2.24, 2.45) is 0 Å². The molecule has 3 rings (SSSR count). The smallest absolute Gasteiger partial charge is 0.222 e. The third kappa shape index (κ3) is 4.23. The number of carbonyl (C=O) groups excluding carboxylic acids is 1. The second kappa shape index (κ2) is 7.47. The highest BCUT2D eigenvalue weighted by molar-refractivity contribution is 5.77. The minimum absolute atomic E-state index is 0.304. The Morgan fingerprint density at radius 3 is 2.74 bits per heavy atom. The molecule has 1 N–H and O–H groups in total. The van der Waals surface area contributed by atoms with Gasteiger partial charge in [-0.1, -0.05) is 29.8 Å². The lowest BCUT2D eigenvalue weighted by atomic mass is 10.1. The SMILES string of the molecule is Cc1ccc(-c2ccc(CNCCCN3CCCC3=O)o2)cc1. The average Bonchev–Trinajstić information content (AvgIpc) is 3.17. The van der Waals surface area contributed by atoms with Gasteiger partial charge in [-0.15, -0.1) is 0 Å². The summed E-state index contributed by atoms with van der Waals surface area (Å²) in [5.41, 5.74) is 2.35. The van der Waals surface area contributed by atoms with E-state index in [1.165, 1.54) is 5.56 Å². The normalized spacial score (nSPS) is 14.7. The summed E-state index contributed by atoms with van der Waals surface area (Å²) >= 11 is 0. The van der Waals surface area contributed by atoms with E-state index in [1.54, 1.807) is 0 Å². The van der Waals surface area contributed by atoms with Crippen molar-refractivity contribution in [1.29, 1.82) is 0 Å². The number of nitrogens with one attached hydrogen (secondary N) is 1. The standard InChI is InChI=1S/C19H24N2O2/c1-15-5-7-16(8-6-15)18-10-9-17(23-18)14-20-11-3-13-21-12-2-4-19(21)22/h5-10,20H,2-4,11-14H2,1H3. The zero-order valence-corrected chi connectivity index (χ0v) is 13.7. The van der Waals surface area contributed by atoms with E-state index in [2.05, 4.69) is 36.5 Å². The van der Waals surface area contributed by atoms with Crippen LogP contribution in [0.1, 0.15) is 30.6 Å². The van der Waals surface area contributed by atoms with Crippen LogP contribution in [-0.2, 0) is 11.3 Å². The topological polar surface area (TPSA) is 45.5 Å². The Kier molecular flexibility index (Phi) is 5.13. The molecule has 0 spiro atoms. The van der Waals surface area contributed by atoms with Crippen LogP contribution in [0.4, 0.5) is 0 Å². The Balaban J connectivity index is 1.41. The van der Waals surface area contributed by atoms with Gasteiger partial charge >= 0.3 is 0 Å². The molecule has 0 aliphatic carbocycles. The molecule has 1 fully saturated rings. The summed E-state index contributed by atoms with van der Waals surface area (Å²) in [6, 6.07) is 12.4. The van der Waals surface area contributed by atoms with E-state index in [9.17, 15) is 4.79 Å². The number of benzene rings is 1. The van der Waals surface area contributed by atoms with Gasteiger partial charge < -0.3 is 14.6 Å². The van der Waals surface area contributed by atoms with Gasteiger partial charge in [-0.3, -0.25) is 4.79 Å². The van der Waals surface area contributed by atoms with Gasteiger partial charge in [-0.05, 0) is 38.4 Å². The van der Waals surface area contributed by atoms with Crippen molar-refractivity contribution in [3.63, 3.8) is 0 Å². The number of carbonyl (C=O) groups is 1. The molecule has 1 aliphatic rings. The molecule has 0 saturated carbocycles. The molecule has 1 aliphatic heterocycles. The first kappa shape index (κ1) is 15.8. The molecular formula is C19H24N2O2. The fraction of sp³-hybridized carbons (Fsp3) is 0.421. The van der Waals surface area contributed by atoms with Crippen molar-refractivity contribution in [2.45, 2.75) is 32.7 Å². The predicted molar refractivity (Wildman–Crippen MR) is 91.0 cm³/mol. The molecule has 1 aromatic heterocycles. The maximum absolute atomic E-state index is 11.5. The Morgan fingerprint density at radius 2 is 2.00 bits per heavy atom. The van der Waals surface area contributed by atoms with Crippen LogP contribution in [0.2, 0.25) is 0 Å². The van der Waals surface area contributed by atoms with Gasteiger partial charge in [0.1, 0.15) is 11.5 Å². The predicted octanol–water partition coefficient (Wildman–Crippen LogP) is 3.36. The summed E-state index contributed by atoms with van der Waals surface area (Å²) in [6.07, 6.45) is 2.72. The summed E-state index contributed by atoms with van der Waals surface area (Å²) in [5.74, 6) is 2.15. The van der Waals surface area contributed by atoms with E-state index in [4.69, 9.17) is 4.42 Å². The minimum Gasteiger partial charge on any atom is -0.460 e. The maximum Gasteiger partial charge on any atom is 0.222 e. The molecule has 4 nitrogen and oxygen atoms in total.